The summed E-state index contributed by atoms with van der Waals surface area (Å²) >= 11 is 0. The summed E-state index contributed by atoms with van der Waals surface area (Å²) < 4.78 is 7.37. The molecule has 0 aliphatic heterocycles. The molecule has 5 aromatic rings. The van der Waals surface area contributed by atoms with Crippen LogP contribution in [0.4, 0.5) is 0 Å². The summed E-state index contributed by atoms with van der Waals surface area (Å²) in [5.41, 5.74) is 5.51. The number of carboxylic acids is 1. The van der Waals surface area contributed by atoms with E-state index in [0.717, 1.165) is 22.3 Å². The van der Waals surface area contributed by atoms with Crippen LogP contribution < -0.4 is 4.57 Å². The van der Waals surface area contributed by atoms with Crippen molar-refractivity contribution >= 4 is 33.7 Å². The van der Waals surface area contributed by atoms with Gasteiger partial charge in [0.1, 0.15) is 6.61 Å². The average molecular weight is 463 g/mol. The van der Waals surface area contributed by atoms with E-state index >= 15 is 0 Å². The van der Waals surface area contributed by atoms with Crippen LogP contribution in [0.5, 0.6) is 0 Å². The maximum atomic E-state index is 12.9. The number of rotatable bonds is 6. The highest BCUT2D eigenvalue weighted by atomic mass is 16.5. The van der Waals surface area contributed by atoms with Gasteiger partial charge in [-0.3, -0.25) is 0 Å². The number of pyridine rings is 1. The van der Waals surface area contributed by atoms with E-state index in [1.807, 2.05) is 102 Å². The fourth-order valence-corrected chi connectivity index (χ4v) is 4.41. The van der Waals surface area contributed by atoms with Crippen molar-refractivity contribution in [3.8, 4) is 11.1 Å². The largest absolute Gasteiger partial charge is 0.478 e. The number of hydrogen-bond acceptors (Lipinski definition) is 3. The van der Waals surface area contributed by atoms with Gasteiger partial charge in [0.25, 0.3) is 0 Å². The van der Waals surface area contributed by atoms with Crippen molar-refractivity contribution in [2.75, 3.05) is 0 Å². The molecule has 5 heteroatoms. The molecule has 0 radical (unpaired) electrons. The predicted molar refractivity (Wildman–Crippen MR) is 135 cm³/mol. The van der Waals surface area contributed by atoms with Crippen LogP contribution in [-0.2, 0) is 22.7 Å². The van der Waals surface area contributed by atoms with E-state index in [0.29, 0.717) is 21.8 Å². The number of aromatic nitrogens is 1. The number of carbonyl (C=O) groups excluding carboxylic acids is 1. The summed E-state index contributed by atoms with van der Waals surface area (Å²) in [7, 11) is 0. The standard InChI is InChI=1S/C30H23NO4/c1-20-11-13-22(14-12-20)23-15-16-27-25(17-23)29(30(33)34)24-9-5-6-10-26(24)31(27)18-28(32)35-19-21-7-3-2-4-8-21/h2-17H,18-19H2,1H3/p+1. The molecule has 0 fully saturated rings. The molecule has 0 unspecified atom stereocenters. The van der Waals surface area contributed by atoms with Gasteiger partial charge >= 0.3 is 11.9 Å². The van der Waals surface area contributed by atoms with Gasteiger partial charge in [0.15, 0.2) is 0 Å². The van der Waals surface area contributed by atoms with E-state index < -0.39 is 11.9 Å². The Bertz CT molecular complexity index is 1560. The summed E-state index contributed by atoms with van der Waals surface area (Å²) in [6.45, 7) is 2.17. The highest BCUT2D eigenvalue weighted by Crippen LogP contribution is 2.30. The van der Waals surface area contributed by atoms with Gasteiger partial charge in [-0.1, -0.05) is 72.3 Å². The summed E-state index contributed by atoms with van der Waals surface area (Å²) in [6.07, 6.45) is 0. The first-order chi connectivity index (χ1) is 17.0. The third-order valence-corrected chi connectivity index (χ3v) is 6.15. The Morgan fingerprint density at radius 3 is 2.17 bits per heavy atom. The van der Waals surface area contributed by atoms with Crippen molar-refractivity contribution in [1.82, 2.24) is 0 Å². The molecule has 35 heavy (non-hydrogen) atoms. The first kappa shape index (κ1) is 22.3. The lowest BCUT2D eigenvalue weighted by Gasteiger charge is -2.11. The Morgan fingerprint density at radius 2 is 1.43 bits per heavy atom. The number of aryl methyl sites for hydroxylation is 1. The molecule has 0 atom stereocenters. The first-order valence-corrected chi connectivity index (χ1v) is 11.4. The molecule has 172 valence electrons. The van der Waals surface area contributed by atoms with Crippen molar-refractivity contribution in [3.05, 3.63) is 114 Å². The van der Waals surface area contributed by atoms with Crippen LogP contribution in [-0.4, -0.2) is 17.0 Å². The molecule has 0 spiro atoms. The van der Waals surface area contributed by atoms with Crippen LogP contribution >= 0.6 is 0 Å². The summed E-state index contributed by atoms with van der Waals surface area (Å²) in [4.78, 5) is 25.3. The van der Waals surface area contributed by atoms with Gasteiger partial charge in [0, 0.05) is 12.1 Å². The van der Waals surface area contributed by atoms with Crippen molar-refractivity contribution < 1.29 is 24.0 Å². The zero-order valence-corrected chi connectivity index (χ0v) is 19.3. The average Bonchev–Trinajstić information content (AvgIpc) is 2.88. The zero-order valence-electron chi connectivity index (χ0n) is 19.3. The second kappa shape index (κ2) is 9.39. The van der Waals surface area contributed by atoms with E-state index in [1.165, 1.54) is 0 Å². The number of aromatic carboxylic acids is 1. The van der Waals surface area contributed by atoms with Gasteiger partial charge in [-0.15, -0.1) is 0 Å². The first-order valence-electron chi connectivity index (χ1n) is 11.4. The number of nitrogens with zero attached hydrogens (tertiary/aromatic N) is 1. The Labute approximate surface area is 202 Å². The van der Waals surface area contributed by atoms with Crippen molar-refractivity contribution in [1.29, 1.82) is 0 Å². The number of hydrogen-bond donors (Lipinski definition) is 1. The third-order valence-electron chi connectivity index (χ3n) is 6.15. The van der Waals surface area contributed by atoms with Gasteiger partial charge < -0.3 is 9.84 Å². The summed E-state index contributed by atoms with van der Waals surface area (Å²) in [6, 6.07) is 30.6. The highest BCUT2D eigenvalue weighted by Gasteiger charge is 2.26. The third kappa shape index (κ3) is 4.49. The van der Waals surface area contributed by atoms with Crippen LogP contribution in [0.1, 0.15) is 21.5 Å². The van der Waals surface area contributed by atoms with Gasteiger partial charge in [0.2, 0.25) is 17.6 Å². The molecule has 5 rings (SSSR count). The minimum atomic E-state index is -1.01. The molecule has 0 aliphatic rings. The van der Waals surface area contributed by atoms with Crippen LogP contribution in [0.3, 0.4) is 0 Å². The number of fused-ring (bicyclic) bond motifs is 2. The van der Waals surface area contributed by atoms with Gasteiger partial charge in [-0.05, 0) is 41.8 Å². The second-order valence-electron chi connectivity index (χ2n) is 8.53. The lowest BCUT2D eigenvalue weighted by molar-refractivity contribution is -0.633. The molecule has 1 aromatic heterocycles. The van der Waals surface area contributed by atoms with Gasteiger partial charge in [0.05, 0.1) is 16.3 Å². The van der Waals surface area contributed by atoms with Crippen molar-refractivity contribution in [2.45, 2.75) is 20.1 Å². The van der Waals surface area contributed by atoms with Crippen LogP contribution in [0.15, 0.2) is 97.1 Å². The van der Waals surface area contributed by atoms with Crippen LogP contribution in [0.25, 0.3) is 32.9 Å². The predicted octanol–water partition coefficient (Wildman–Crippen LogP) is 5.70. The molecule has 0 bridgehead atoms. The molecule has 4 aromatic carbocycles. The summed E-state index contributed by atoms with van der Waals surface area (Å²) in [5.74, 6) is -1.40. The number of esters is 1. The fraction of sp³-hybridized carbons (Fsp3) is 0.100. The van der Waals surface area contributed by atoms with Crippen LogP contribution in [0.2, 0.25) is 0 Å². The van der Waals surface area contributed by atoms with E-state index in [2.05, 4.69) is 0 Å². The second-order valence-corrected chi connectivity index (χ2v) is 8.53. The number of ether oxygens (including phenoxy) is 1. The Morgan fingerprint density at radius 1 is 0.771 bits per heavy atom. The van der Waals surface area contributed by atoms with Gasteiger partial charge in [-0.25, -0.2) is 9.59 Å². The number of para-hydroxylation sites is 1. The number of carbonyl (C=O) groups is 2. The Balaban J connectivity index is 1.63. The van der Waals surface area contributed by atoms with E-state index in [1.54, 1.807) is 6.07 Å². The summed E-state index contributed by atoms with van der Waals surface area (Å²) in [5, 5.41) is 11.3. The quantitative estimate of drug-likeness (QED) is 0.200. The van der Waals surface area contributed by atoms with Crippen molar-refractivity contribution in [3.63, 3.8) is 0 Å². The normalized spacial score (nSPS) is 11.0. The molecular weight excluding hydrogens is 438 g/mol. The SMILES string of the molecule is Cc1ccc(-c2ccc3c(c2)c(C(=O)O)c2ccccc2[n+]3CC(=O)OCc2ccccc2)cc1. The monoisotopic (exact) mass is 462 g/mol. The lowest BCUT2D eigenvalue weighted by atomic mass is 9.97. The molecule has 1 heterocycles. The van der Waals surface area contributed by atoms with Crippen molar-refractivity contribution in [2.24, 2.45) is 0 Å². The minimum absolute atomic E-state index is 0.0341. The number of carboxylic acid groups (broad SMARTS) is 1. The smallest absolute Gasteiger partial charge is 0.373 e. The topological polar surface area (TPSA) is 67.5 Å². The van der Waals surface area contributed by atoms with Gasteiger partial charge in [-0.2, -0.15) is 4.57 Å². The Hall–Kier alpha value is -4.51. The molecular formula is C30H24NO4+. The molecule has 1 N–H and O–H groups in total. The highest BCUT2D eigenvalue weighted by molar-refractivity contribution is 6.12. The maximum absolute atomic E-state index is 12.9. The molecule has 5 nitrogen and oxygen atoms in total. The number of benzene rings is 4. The lowest BCUT2D eigenvalue weighted by Crippen LogP contribution is -2.40. The maximum Gasteiger partial charge on any atom is 0.373 e. The molecule has 0 saturated heterocycles. The zero-order chi connectivity index (χ0) is 24.4. The van der Waals surface area contributed by atoms with E-state index in [-0.39, 0.29) is 18.7 Å². The molecule has 0 saturated carbocycles. The fourth-order valence-electron chi connectivity index (χ4n) is 4.41. The molecule has 0 aliphatic carbocycles. The van der Waals surface area contributed by atoms with E-state index in [4.69, 9.17) is 4.74 Å². The molecule has 0 amide bonds. The Kier molecular flexibility index (Phi) is 5.98. The van der Waals surface area contributed by atoms with Crippen LogP contribution in [0, 0.1) is 6.92 Å². The minimum Gasteiger partial charge on any atom is -0.478 e. The van der Waals surface area contributed by atoms with E-state index in [9.17, 15) is 14.7 Å².